The minimum atomic E-state index is -0.819. The second-order valence-corrected chi connectivity index (χ2v) is 16.0. The number of ether oxygens (including phenoxy) is 3. The van der Waals surface area contributed by atoms with Crippen molar-refractivity contribution in [3.63, 3.8) is 0 Å². The zero-order valence-corrected chi connectivity index (χ0v) is 41.2. The lowest BCUT2D eigenvalue weighted by atomic mass is 10.1. The molecule has 0 aromatic carbocycles. The summed E-state index contributed by atoms with van der Waals surface area (Å²) in [6, 6.07) is 0. The predicted molar refractivity (Wildman–Crippen MR) is 279 cm³/mol. The molecule has 0 spiro atoms. The van der Waals surface area contributed by atoms with Gasteiger partial charge < -0.3 is 14.2 Å². The molecule has 0 fully saturated rings. The van der Waals surface area contributed by atoms with E-state index in [1.165, 1.54) is 0 Å². The van der Waals surface area contributed by atoms with Crippen molar-refractivity contribution in [2.45, 2.75) is 194 Å². The molecule has 6 nitrogen and oxygen atoms in total. The van der Waals surface area contributed by atoms with Gasteiger partial charge >= 0.3 is 17.9 Å². The molecule has 362 valence electrons. The van der Waals surface area contributed by atoms with Crippen LogP contribution in [0, 0.1) is 0 Å². The Kier molecular flexibility index (Phi) is 48.2. The topological polar surface area (TPSA) is 78.9 Å². The van der Waals surface area contributed by atoms with Gasteiger partial charge in [0, 0.05) is 19.3 Å². The van der Waals surface area contributed by atoms with Crippen LogP contribution in [0.3, 0.4) is 0 Å². The number of allylic oxidation sites excluding steroid dienone is 24. The summed E-state index contributed by atoms with van der Waals surface area (Å²) in [5.74, 6) is -1.03. The van der Waals surface area contributed by atoms with E-state index in [2.05, 4.69) is 167 Å². The van der Waals surface area contributed by atoms with Gasteiger partial charge in [0.05, 0.1) is 0 Å². The van der Waals surface area contributed by atoms with Gasteiger partial charge in [-0.25, -0.2) is 0 Å². The molecule has 6 heteroatoms. The minimum Gasteiger partial charge on any atom is -0.462 e. The van der Waals surface area contributed by atoms with E-state index < -0.39 is 6.10 Å². The highest BCUT2D eigenvalue weighted by atomic mass is 16.6. The highest BCUT2D eigenvalue weighted by molar-refractivity contribution is 5.71. The van der Waals surface area contributed by atoms with E-state index in [0.29, 0.717) is 19.3 Å². The fourth-order valence-corrected chi connectivity index (χ4v) is 6.09. The van der Waals surface area contributed by atoms with Crippen LogP contribution < -0.4 is 0 Å². The van der Waals surface area contributed by atoms with E-state index in [0.717, 1.165) is 135 Å². The largest absolute Gasteiger partial charge is 0.462 e. The molecule has 0 aromatic rings. The van der Waals surface area contributed by atoms with E-state index in [-0.39, 0.29) is 44.0 Å². The van der Waals surface area contributed by atoms with Gasteiger partial charge in [0.15, 0.2) is 6.10 Å². The van der Waals surface area contributed by atoms with Crippen molar-refractivity contribution in [2.75, 3.05) is 13.2 Å². The molecular weight excluding hydrogens is 805 g/mol. The first-order valence-corrected chi connectivity index (χ1v) is 25.3. The third kappa shape index (κ3) is 50.2. The van der Waals surface area contributed by atoms with Crippen LogP contribution >= 0.6 is 0 Å². The van der Waals surface area contributed by atoms with Gasteiger partial charge in [0.2, 0.25) is 0 Å². The van der Waals surface area contributed by atoms with Crippen LogP contribution in [0.5, 0.6) is 0 Å². The zero-order chi connectivity index (χ0) is 47.2. The van der Waals surface area contributed by atoms with Crippen LogP contribution in [-0.2, 0) is 28.6 Å². The molecule has 1 unspecified atom stereocenters. The van der Waals surface area contributed by atoms with Gasteiger partial charge in [-0.3, -0.25) is 14.4 Å². The summed E-state index contributed by atoms with van der Waals surface area (Å²) in [5.41, 5.74) is 0. The molecule has 0 aromatic heterocycles. The maximum Gasteiger partial charge on any atom is 0.306 e. The van der Waals surface area contributed by atoms with E-state index in [1.54, 1.807) is 0 Å². The lowest BCUT2D eigenvalue weighted by Gasteiger charge is -2.18. The van der Waals surface area contributed by atoms with Crippen molar-refractivity contribution in [3.8, 4) is 0 Å². The molecule has 0 rings (SSSR count). The fraction of sp³-hybridized carbons (Fsp3) is 0.542. The molecule has 0 aliphatic rings. The number of unbranched alkanes of at least 4 members (excludes halogenated alkanes) is 8. The lowest BCUT2D eigenvalue weighted by molar-refractivity contribution is -0.167. The predicted octanol–water partition coefficient (Wildman–Crippen LogP) is 16.9. The SMILES string of the molecule is CC/C=C\C/C=C\C/C=C\C/C=C\C/C=C\C/C=C\C/C=C\C/C=C\CCCCC(=O)OCC(COC(=O)CCCCCCC)OC(=O)CCCC/C=C\C/C=C\C/C=C\C/C=C\CC. The number of rotatable bonds is 43. The monoisotopic (exact) mass is 895 g/mol. The van der Waals surface area contributed by atoms with Crippen LogP contribution in [0.1, 0.15) is 188 Å². The third-order valence-electron chi connectivity index (χ3n) is 9.84. The number of hydrogen-bond donors (Lipinski definition) is 0. The molecule has 0 saturated carbocycles. The van der Waals surface area contributed by atoms with Crippen molar-refractivity contribution < 1.29 is 28.6 Å². The van der Waals surface area contributed by atoms with Crippen molar-refractivity contribution >= 4 is 17.9 Å². The van der Waals surface area contributed by atoms with Crippen molar-refractivity contribution in [1.29, 1.82) is 0 Å². The van der Waals surface area contributed by atoms with Crippen molar-refractivity contribution in [2.24, 2.45) is 0 Å². The molecule has 0 aliphatic heterocycles. The molecule has 0 N–H and O–H groups in total. The minimum absolute atomic E-state index is 0.116. The molecule has 0 saturated heterocycles. The van der Waals surface area contributed by atoms with E-state index in [1.807, 2.05) is 0 Å². The normalized spacial score (nSPS) is 13.3. The molecule has 0 aliphatic carbocycles. The number of carbonyl (C=O) groups excluding carboxylic acids is 3. The van der Waals surface area contributed by atoms with Crippen LogP contribution in [0.4, 0.5) is 0 Å². The van der Waals surface area contributed by atoms with Gasteiger partial charge in [0.25, 0.3) is 0 Å². The first-order valence-electron chi connectivity index (χ1n) is 25.3. The number of esters is 3. The molecule has 0 bridgehead atoms. The van der Waals surface area contributed by atoms with Gasteiger partial charge in [-0.1, -0.05) is 192 Å². The molecule has 65 heavy (non-hydrogen) atoms. The summed E-state index contributed by atoms with van der Waals surface area (Å²) in [6.07, 6.45) is 74.5. The Labute approximate surface area is 397 Å². The van der Waals surface area contributed by atoms with Crippen LogP contribution in [0.15, 0.2) is 146 Å². The highest BCUT2D eigenvalue weighted by Gasteiger charge is 2.19. The first-order chi connectivity index (χ1) is 32.0. The average molecular weight is 895 g/mol. The molecule has 0 heterocycles. The van der Waals surface area contributed by atoms with Gasteiger partial charge in [-0.2, -0.15) is 0 Å². The van der Waals surface area contributed by atoms with E-state index in [9.17, 15) is 14.4 Å². The summed E-state index contributed by atoms with van der Waals surface area (Å²) in [7, 11) is 0. The maximum absolute atomic E-state index is 12.7. The standard InChI is InChI=1S/C59H90O6/c1-4-7-10-13-15-17-19-21-23-24-25-26-27-28-29-30-31-32-33-34-36-37-39-41-43-46-49-52-58(61)64-55-56(54-63-57(60)51-48-45-12-9-6-3)65-59(62)53-50-47-44-42-40-38-35-22-20-18-16-14-11-8-5-2/h7-8,10-11,15-18,21-23,25-26,28-29,31-32,34-36,39-42,56H,4-6,9,12-14,19-20,24,27,30,33,37-38,43-55H2,1-3H3/b10-7-,11-8-,17-15-,18-16-,23-21-,26-25-,29-28-,32-31-,35-22-,36-34-,41-39-,42-40-. The smallest absolute Gasteiger partial charge is 0.306 e. The third-order valence-corrected chi connectivity index (χ3v) is 9.84. The van der Waals surface area contributed by atoms with Crippen LogP contribution in [-0.4, -0.2) is 37.2 Å². The van der Waals surface area contributed by atoms with E-state index >= 15 is 0 Å². The Balaban J connectivity index is 4.32. The van der Waals surface area contributed by atoms with Crippen molar-refractivity contribution in [1.82, 2.24) is 0 Å². The Morgan fingerprint density at radius 2 is 0.600 bits per heavy atom. The Hall–Kier alpha value is -4.71. The quantitative estimate of drug-likeness (QED) is 0.0263. The summed E-state index contributed by atoms with van der Waals surface area (Å²) < 4.78 is 16.6. The van der Waals surface area contributed by atoms with Crippen LogP contribution in [0.2, 0.25) is 0 Å². The number of carbonyl (C=O) groups is 3. The number of hydrogen-bond acceptors (Lipinski definition) is 6. The van der Waals surface area contributed by atoms with Gasteiger partial charge in [0.1, 0.15) is 13.2 Å². The fourth-order valence-electron chi connectivity index (χ4n) is 6.09. The zero-order valence-electron chi connectivity index (χ0n) is 41.2. The molecular formula is C59H90O6. The lowest BCUT2D eigenvalue weighted by Crippen LogP contribution is -2.30. The summed E-state index contributed by atoms with van der Waals surface area (Å²) in [6.45, 7) is 6.21. The molecule has 0 radical (unpaired) electrons. The van der Waals surface area contributed by atoms with Crippen LogP contribution in [0.25, 0.3) is 0 Å². The summed E-state index contributed by atoms with van der Waals surface area (Å²) >= 11 is 0. The van der Waals surface area contributed by atoms with Crippen molar-refractivity contribution in [3.05, 3.63) is 146 Å². The first kappa shape index (κ1) is 60.3. The summed E-state index contributed by atoms with van der Waals surface area (Å²) in [5, 5.41) is 0. The second kappa shape index (κ2) is 51.9. The highest BCUT2D eigenvalue weighted by Crippen LogP contribution is 2.10. The van der Waals surface area contributed by atoms with E-state index in [4.69, 9.17) is 14.2 Å². The maximum atomic E-state index is 12.7. The summed E-state index contributed by atoms with van der Waals surface area (Å²) in [4.78, 5) is 37.6. The Morgan fingerprint density at radius 3 is 0.923 bits per heavy atom. The Bertz CT molecular complexity index is 1490. The van der Waals surface area contributed by atoms with Gasteiger partial charge in [-0.15, -0.1) is 0 Å². The second-order valence-electron chi connectivity index (χ2n) is 16.0. The molecule has 1 atom stereocenters. The average Bonchev–Trinajstić information content (AvgIpc) is 3.30. The Morgan fingerprint density at radius 1 is 0.323 bits per heavy atom. The van der Waals surface area contributed by atoms with Gasteiger partial charge in [-0.05, 0) is 122 Å². The molecule has 0 amide bonds.